The Hall–Kier alpha value is -2.45. The maximum Gasteiger partial charge on any atom is 0.0482 e. The van der Waals surface area contributed by atoms with Crippen LogP contribution in [0.3, 0.4) is 0 Å². The zero-order valence-electron chi connectivity index (χ0n) is 12.1. The third-order valence-electron chi connectivity index (χ3n) is 3.44. The molecule has 1 aromatic heterocycles. The quantitative estimate of drug-likeness (QED) is 0.766. The Bertz CT molecular complexity index is 603. The first-order valence-electron chi connectivity index (χ1n) is 6.92. The Morgan fingerprint density at radius 1 is 0.619 bits per heavy atom. The van der Waals surface area contributed by atoms with Crippen LogP contribution in [0.4, 0.5) is 0 Å². The van der Waals surface area contributed by atoms with E-state index in [0.29, 0.717) is 0 Å². The summed E-state index contributed by atoms with van der Waals surface area (Å²) in [4.78, 5) is 4.57. The van der Waals surface area contributed by atoms with Gasteiger partial charge >= 0.3 is 0 Å². The molecule has 0 fully saturated rings. The molecule has 0 amide bonds. The fourth-order valence-electron chi connectivity index (χ4n) is 2.40. The van der Waals surface area contributed by atoms with Gasteiger partial charge < -0.3 is 6.15 Å². The van der Waals surface area contributed by atoms with E-state index in [0.717, 1.165) is 12.8 Å². The van der Waals surface area contributed by atoms with E-state index in [9.17, 15) is 0 Å². The van der Waals surface area contributed by atoms with Crippen LogP contribution in [0, 0.1) is 0 Å². The van der Waals surface area contributed by atoms with E-state index >= 15 is 0 Å². The highest BCUT2D eigenvalue weighted by molar-refractivity contribution is 5.32. The molecule has 2 nitrogen and oxygen atoms in total. The molecule has 21 heavy (non-hydrogen) atoms. The second kappa shape index (κ2) is 7.36. The van der Waals surface area contributed by atoms with Crippen molar-refractivity contribution in [3.8, 4) is 0 Å². The third kappa shape index (κ3) is 4.01. The van der Waals surface area contributed by atoms with E-state index in [2.05, 4.69) is 65.6 Å². The van der Waals surface area contributed by atoms with Crippen molar-refractivity contribution in [2.24, 2.45) is 0 Å². The summed E-state index contributed by atoms with van der Waals surface area (Å²) in [5.74, 6) is 0. The Balaban J connectivity index is 0.00000161. The van der Waals surface area contributed by atoms with Crippen LogP contribution in [0.1, 0.15) is 22.4 Å². The Kier molecular flexibility index (Phi) is 5.24. The molecule has 3 aromatic rings. The average Bonchev–Trinajstić information content (AvgIpc) is 2.51. The Morgan fingerprint density at radius 3 is 1.81 bits per heavy atom. The van der Waals surface area contributed by atoms with Crippen LogP contribution in [0.25, 0.3) is 0 Å². The van der Waals surface area contributed by atoms with Gasteiger partial charge in [-0.1, -0.05) is 66.7 Å². The van der Waals surface area contributed by atoms with Gasteiger partial charge in [0.1, 0.15) is 0 Å². The summed E-state index contributed by atoms with van der Waals surface area (Å²) in [5, 5.41) is 0. The van der Waals surface area contributed by atoms with Gasteiger partial charge in [-0.05, 0) is 29.2 Å². The van der Waals surface area contributed by atoms with Gasteiger partial charge in [0.05, 0.1) is 0 Å². The topological polar surface area (TPSA) is 47.9 Å². The zero-order valence-corrected chi connectivity index (χ0v) is 12.1. The first-order valence-corrected chi connectivity index (χ1v) is 6.92. The number of aromatic nitrogens is 1. The van der Waals surface area contributed by atoms with Crippen LogP contribution in [0.5, 0.6) is 0 Å². The van der Waals surface area contributed by atoms with E-state index < -0.39 is 0 Å². The molecule has 3 rings (SSSR count). The van der Waals surface area contributed by atoms with Crippen molar-refractivity contribution < 1.29 is 0 Å². The smallest absolute Gasteiger partial charge is 0.0482 e. The molecule has 2 heteroatoms. The summed E-state index contributed by atoms with van der Waals surface area (Å²) in [7, 11) is 0. The van der Waals surface area contributed by atoms with Crippen LogP contribution >= 0.6 is 0 Å². The molecule has 0 spiro atoms. The van der Waals surface area contributed by atoms with Crippen molar-refractivity contribution in [1.82, 2.24) is 11.1 Å². The van der Waals surface area contributed by atoms with E-state index in [1.807, 2.05) is 18.3 Å². The second-order valence-corrected chi connectivity index (χ2v) is 4.93. The van der Waals surface area contributed by atoms with Gasteiger partial charge in [0.2, 0.25) is 0 Å². The molecule has 1 heterocycles. The fraction of sp³-hybridized carbons (Fsp3) is 0.105. The maximum absolute atomic E-state index is 4.57. The summed E-state index contributed by atoms with van der Waals surface area (Å²) in [6.07, 6.45) is 3.72. The molecule has 0 aliphatic heterocycles. The van der Waals surface area contributed by atoms with Crippen LogP contribution in [-0.2, 0) is 12.8 Å². The highest BCUT2D eigenvalue weighted by Gasteiger charge is 2.05. The van der Waals surface area contributed by atoms with Crippen molar-refractivity contribution in [2.75, 3.05) is 0 Å². The van der Waals surface area contributed by atoms with E-state index in [1.54, 1.807) is 0 Å². The molecule has 0 bridgehead atoms. The van der Waals surface area contributed by atoms with Crippen molar-refractivity contribution in [2.45, 2.75) is 12.8 Å². The normalized spacial score (nSPS) is 9.90. The average molecular weight is 276 g/mol. The molecule has 0 aliphatic carbocycles. The molecule has 0 saturated carbocycles. The summed E-state index contributed by atoms with van der Waals surface area (Å²) in [6, 6.07) is 25.3. The summed E-state index contributed by atoms with van der Waals surface area (Å²) < 4.78 is 0. The van der Waals surface area contributed by atoms with Crippen molar-refractivity contribution in [3.63, 3.8) is 0 Å². The number of nitrogens with zero attached hydrogens (tertiary/aromatic N) is 1. The highest BCUT2D eigenvalue weighted by Crippen LogP contribution is 2.15. The van der Waals surface area contributed by atoms with Crippen LogP contribution in [0.15, 0.2) is 79.0 Å². The molecule has 2 aromatic carbocycles. The number of rotatable bonds is 4. The lowest BCUT2D eigenvalue weighted by molar-refractivity contribution is 1.01. The van der Waals surface area contributed by atoms with Gasteiger partial charge in [-0.3, -0.25) is 4.98 Å². The monoisotopic (exact) mass is 276 g/mol. The summed E-state index contributed by atoms with van der Waals surface area (Å²) in [6.45, 7) is 0. The standard InChI is InChI=1S/C19H17N.H3N/c1-3-8-16(9-4-1)14-18-12-7-13-20-19(18)15-17-10-5-2-6-11-17;/h1-13H,14-15H2;1H3. The minimum Gasteiger partial charge on any atom is -0.344 e. The predicted octanol–water partition coefficient (Wildman–Crippen LogP) is 4.43. The van der Waals surface area contributed by atoms with Crippen molar-refractivity contribution >= 4 is 0 Å². The van der Waals surface area contributed by atoms with Gasteiger partial charge in [0, 0.05) is 18.3 Å². The SMILES string of the molecule is N.c1ccc(Cc2cccnc2Cc2ccccc2)cc1. The highest BCUT2D eigenvalue weighted by atomic mass is 14.7. The molecule has 0 aliphatic rings. The molecule has 0 unspecified atom stereocenters. The van der Waals surface area contributed by atoms with Gasteiger partial charge in [-0.2, -0.15) is 0 Å². The predicted molar refractivity (Wildman–Crippen MR) is 87.8 cm³/mol. The molecule has 0 radical (unpaired) electrons. The molecular weight excluding hydrogens is 256 g/mol. The first kappa shape index (κ1) is 14.9. The molecule has 3 N–H and O–H groups in total. The largest absolute Gasteiger partial charge is 0.344 e. The summed E-state index contributed by atoms with van der Waals surface area (Å²) in [5.41, 5.74) is 5.11. The Morgan fingerprint density at radius 2 is 1.19 bits per heavy atom. The van der Waals surface area contributed by atoms with E-state index in [1.165, 1.54) is 22.4 Å². The lowest BCUT2D eigenvalue weighted by atomic mass is 10.00. The number of pyridine rings is 1. The number of benzene rings is 2. The lowest BCUT2D eigenvalue weighted by Crippen LogP contribution is -1.99. The molecular formula is C19H20N2. The summed E-state index contributed by atoms with van der Waals surface area (Å²) >= 11 is 0. The second-order valence-electron chi connectivity index (χ2n) is 4.93. The first-order chi connectivity index (χ1) is 9.92. The van der Waals surface area contributed by atoms with Crippen LogP contribution < -0.4 is 6.15 Å². The van der Waals surface area contributed by atoms with E-state index in [4.69, 9.17) is 0 Å². The molecule has 0 saturated heterocycles. The number of hydrogen-bond acceptors (Lipinski definition) is 2. The van der Waals surface area contributed by atoms with Gasteiger partial charge in [-0.15, -0.1) is 0 Å². The van der Waals surface area contributed by atoms with E-state index in [-0.39, 0.29) is 6.15 Å². The third-order valence-corrected chi connectivity index (χ3v) is 3.44. The van der Waals surface area contributed by atoms with Crippen molar-refractivity contribution in [1.29, 1.82) is 0 Å². The number of hydrogen-bond donors (Lipinski definition) is 1. The minimum absolute atomic E-state index is 0. The van der Waals surface area contributed by atoms with Crippen LogP contribution in [-0.4, -0.2) is 4.98 Å². The van der Waals surface area contributed by atoms with Crippen molar-refractivity contribution in [3.05, 3.63) is 101 Å². The van der Waals surface area contributed by atoms with Crippen LogP contribution in [0.2, 0.25) is 0 Å². The molecule has 0 atom stereocenters. The lowest BCUT2D eigenvalue weighted by Gasteiger charge is -2.08. The van der Waals surface area contributed by atoms with Gasteiger partial charge in [-0.25, -0.2) is 0 Å². The Labute approximate surface area is 126 Å². The van der Waals surface area contributed by atoms with Gasteiger partial charge in [0.25, 0.3) is 0 Å². The van der Waals surface area contributed by atoms with Gasteiger partial charge in [0.15, 0.2) is 0 Å². The fourth-order valence-corrected chi connectivity index (χ4v) is 2.40. The zero-order chi connectivity index (χ0) is 13.6. The molecule has 106 valence electrons. The minimum atomic E-state index is 0. The maximum atomic E-state index is 4.57.